The molecule has 0 saturated heterocycles. The van der Waals surface area contributed by atoms with E-state index in [4.69, 9.17) is 15.0 Å². The van der Waals surface area contributed by atoms with Crippen molar-refractivity contribution in [3.05, 3.63) is 237 Å². The Balaban J connectivity index is 1.08. The Morgan fingerprint density at radius 3 is 1.62 bits per heavy atom. The van der Waals surface area contributed by atoms with Crippen LogP contribution in [0.1, 0.15) is 0 Å². The van der Waals surface area contributed by atoms with E-state index in [0.29, 0.717) is 17.5 Å². The molecule has 5 heteroatoms. The molecule has 0 N–H and O–H groups in total. The number of rotatable bonds is 7. The van der Waals surface area contributed by atoms with Crippen molar-refractivity contribution in [1.29, 1.82) is 0 Å². The van der Waals surface area contributed by atoms with Gasteiger partial charge in [-0.1, -0.05) is 194 Å². The molecule has 0 aliphatic heterocycles. The molecule has 0 radical (unpaired) electrons. The maximum absolute atomic E-state index is 5.37. The summed E-state index contributed by atoms with van der Waals surface area (Å²) in [4.78, 5) is 16.0. The van der Waals surface area contributed by atoms with Gasteiger partial charge in [-0.2, -0.15) is 0 Å². The lowest BCUT2D eigenvalue weighted by Crippen LogP contribution is -2.02. The highest BCUT2D eigenvalue weighted by Gasteiger charge is 2.24. The van der Waals surface area contributed by atoms with Crippen LogP contribution in [0.2, 0.25) is 0 Å². The summed E-state index contributed by atoms with van der Waals surface area (Å²) in [6, 6.07) is 84.0. The first kappa shape index (κ1) is 37.6. The maximum atomic E-state index is 5.37. The van der Waals surface area contributed by atoms with Gasteiger partial charge in [0.15, 0.2) is 17.5 Å². The van der Waals surface area contributed by atoms with Crippen molar-refractivity contribution in [2.24, 2.45) is 0 Å². The monoisotopic (exact) mass is 841 g/mol. The van der Waals surface area contributed by atoms with Crippen molar-refractivity contribution in [3.63, 3.8) is 0 Å². The second-order valence-electron chi connectivity index (χ2n) is 16.8. The Morgan fingerprint density at radius 2 is 0.803 bits per heavy atom. The quantitative estimate of drug-likeness (QED) is 0.161. The van der Waals surface area contributed by atoms with Crippen LogP contribution < -0.4 is 0 Å². The van der Waals surface area contributed by atoms with Gasteiger partial charge in [0.1, 0.15) is 0 Å². The third-order valence-electron chi connectivity index (χ3n) is 13.0. The lowest BCUT2D eigenvalue weighted by Gasteiger charge is -2.17. The highest BCUT2D eigenvalue weighted by Crippen LogP contribution is 2.43. The van der Waals surface area contributed by atoms with Gasteiger partial charge in [-0.05, 0) is 69.9 Å². The van der Waals surface area contributed by atoms with Gasteiger partial charge >= 0.3 is 0 Å². The lowest BCUT2D eigenvalue weighted by atomic mass is 10.0. The standard InChI is InChI=1S/C61H39N5/c1-3-18-40(19-4-1)44-24-15-25-45(38-44)59-62-60(46-37-36-41-20-7-8-23-43(41)39-46)64-61(63-59)51-30-17-34-55-57(51)50-28-11-14-33-54(50)65(55)56-35-16-29-49-48-27-10-13-32-53(48)66(58(49)56)52-31-12-9-26-47(52)42-21-5-2-6-22-42/h1-39H. The summed E-state index contributed by atoms with van der Waals surface area (Å²) in [7, 11) is 0. The predicted molar refractivity (Wildman–Crippen MR) is 273 cm³/mol. The summed E-state index contributed by atoms with van der Waals surface area (Å²) in [6.07, 6.45) is 0. The summed E-state index contributed by atoms with van der Waals surface area (Å²) in [5.74, 6) is 1.86. The fraction of sp³-hybridized carbons (Fsp3) is 0. The van der Waals surface area contributed by atoms with E-state index >= 15 is 0 Å². The zero-order valence-electron chi connectivity index (χ0n) is 35.8. The SMILES string of the molecule is c1ccc(-c2cccc(-c3nc(-c4ccc5ccccc5c4)nc(-c4cccc5c4c4ccccc4n5-c4cccc5c6ccccc6n(-c6ccccc6-c6ccccc6)c45)n3)c2)cc1. The van der Waals surface area contributed by atoms with E-state index in [1.807, 2.05) is 6.07 Å². The van der Waals surface area contributed by atoms with Crippen LogP contribution in [0, 0.1) is 0 Å². The summed E-state index contributed by atoms with van der Waals surface area (Å²) in [6.45, 7) is 0. The van der Waals surface area contributed by atoms with E-state index in [0.717, 1.165) is 77.4 Å². The molecule has 13 aromatic rings. The average molecular weight is 842 g/mol. The van der Waals surface area contributed by atoms with E-state index in [2.05, 4.69) is 240 Å². The number of hydrogen-bond acceptors (Lipinski definition) is 3. The summed E-state index contributed by atoms with van der Waals surface area (Å²) < 4.78 is 4.90. The molecule has 0 amide bonds. The summed E-state index contributed by atoms with van der Waals surface area (Å²) in [5, 5.41) is 6.89. The van der Waals surface area contributed by atoms with Gasteiger partial charge in [0.2, 0.25) is 0 Å². The molecule has 13 rings (SSSR count). The van der Waals surface area contributed by atoms with Crippen molar-refractivity contribution >= 4 is 54.4 Å². The van der Waals surface area contributed by atoms with Gasteiger partial charge in [-0.15, -0.1) is 0 Å². The smallest absolute Gasteiger partial charge is 0.164 e. The van der Waals surface area contributed by atoms with Crippen molar-refractivity contribution in [2.75, 3.05) is 0 Å². The molecule has 0 unspecified atom stereocenters. The minimum absolute atomic E-state index is 0.617. The second-order valence-corrected chi connectivity index (χ2v) is 16.8. The largest absolute Gasteiger partial charge is 0.307 e. The molecule has 3 heterocycles. The molecule has 3 aromatic heterocycles. The minimum Gasteiger partial charge on any atom is -0.307 e. The zero-order chi connectivity index (χ0) is 43.6. The van der Waals surface area contributed by atoms with E-state index in [1.54, 1.807) is 0 Å². The van der Waals surface area contributed by atoms with Crippen molar-refractivity contribution in [2.45, 2.75) is 0 Å². The Morgan fingerprint density at radius 1 is 0.273 bits per heavy atom. The first-order valence-electron chi connectivity index (χ1n) is 22.4. The summed E-state index contributed by atoms with van der Waals surface area (Å²) in [5.41, 5.74) is 14.0. The first-order chi connectivity index (χ1) is 32.7. The molecular weight excluding hydrogens is 803 g/mol. The minimum atomic E-state index is 0.617. The highest BCUT2D eigenvalue weighted by molar-refractivity contribution is 6.18. The number of para-hydroxylation sites is 4. The zero-order valence-corrected chi connectivity index (χ0v) is 35.8. The molecule has 5 nitrogen and oxygen atoms in total. The lowest BCUT2D eigenvalue weighted by molar-refractivity contribution is 1.08. The molecule has 0 aliphatic carbocycles. The number of benzene rings is 10. The Labute approximate surface area is 381 Å². The number of nitrogens with zero attached hydrogens (tertiary/aromatic N) is 5. The Hall–Kier alpha value is -8.93. The van der Waals surface area contributed by atoms with Gasteiger partial charge in [0, 0.05) is 43.8 Å². The van der Waals surface area contributed by atoms with E-state index in [9.17, 15) is 0 Å². The molecule has 0 bridgehead atoms. The summed E-state index contributed by atoms with van der Waals surface area (Å²) >= 11 is 0. The van der Waals surface area contributed by atoms with E-state index < -0.39 is 0 Å². The van der Waals surface area contributed by atoms with Gasteiger partial charge in [0.25, 0.3) is 0 Å². The highest BCUT2D eigenvalue weighted by atomic mass is 15.1. The number of fused-ring (bicyclic) bond motifs is 7. The number of hydrogen-bond donors (Lipinski definition) is 0. The fourth-order valence-electron chi connectivity index (χ4n) is 9.98. The van der Waals surface area contributed by atoms with Gasteiger partial charge in [-0.25, -0.2) is 15.0 Å². The van der Waals surface area contributed by atoms with E-state index in [-0.39, 0.29) is 0 Å². The second kappa shape index (κ2) is 15.4. The van der Waals surface area contributed by atoms with Gasteiger partial charge in [-0.3, -0.25) is 0 Å². The third-order valence-corrected chi connectivity index (χ3v) is 13.0. The molecule has 0 atom stereocenters. The van der Waals surface area contributed by atoms with Crippen LogP contribution in [0.15, 0.2) is 237 Å². The van der Waals surface area contributed by atoms with Gasteiger partial charge in [0.05, 0.1) is 33.4 Å². The first-order valence-corrected chi connectivity index (χ1v) is 22.4. The normalized spacial score (nSPS) is 11.6. The van der Waals surface area contributed by atoms with Crippen molar-refractivity contribution in [1.82, 2.24) is 24.1 Å². The molecule has 10 aromatic carbocycles. The third kappa shape index (κ3) is 6.13. The van der Waals surface area contributed by atoms with Crippen molar-refractivity contribution in [3.8, 4) is 67.8 Å². The van der Waals surface area contributed by atoms with Crippen LogP contribution in [-0.2, 0) is 0 Å². The van der Waals surface area contributed by atoms with Crippen LogP contribution in [0.4, 0.5) is 0 Å². The maximum Gasteiger partial charge on any atom is 0.164 e. The molecular formula is C61H39N5. The molecule has 0 fully saturated rings. The Kier molecular flexibility index (Phi) is 8.78. The van der Waals surface area contributed by atoms with Crippen LogP contribution in [-0.4, -0.2) is 24.1 Å². The topological polar surface area (TPSA) is 48.5 Å². The van der Waals surface area contributed by atoms with Crippen LogP contribution in [0.25, 0.3) is 122 Å². The Bertz CT molecular complexity index is 4000. The molecule has 0 saturated carbocycles. The molecule has 0 aliphatic rings. The van der Waals surface area contributed by atoms with Crippen molar-refractivity contribution < 1.29 is 0 Å². The van der Waals surface area contributed by atoms with Crippen LogP contribution in [0.3, 0.4) is 0 Å². The molecule has 308 valence electrons. The molecule has 0 spiro atoms. The van der Waals surface area contributed by atoms with Crippen LogP contribution >= 0.6 is 0 Å². The predicted octanol–water partition coefficient (Wildman–Crippen LogP) is 15.6. The average Bonchev–Trinajstić information content (AvgIpc) is 3.92. The van der Waals surface area contributed by atoms with E-state index in [1.165, 1.54) is 27.3 Å². The molecule has 66 heavy (non-hydrogen) atoms. The van der Waals surface area contributed by atoms with Gasteiger partial charge < -0.3 is 9.13 Å². The number of aromatic nitrogens is 5. The fourth-order valence-corrected chi connectivity index (χ4v) is 9.98. The van der Waals surface area contributed by atoms with Crippen LogP contribution in [0.5, 0.6) is 0 Å².